The summed E-state index contributed by atoms with van der Waals surface area (Å²) >= 11 is 0. The molecule has 1 saturated heterocycles. The summed E-state index contributed by atoms with van der Waals surface area (Å²) < 4.78 is 33.1. The van der Waals surface area contributed by atoms with Crippen LogP contribution in [0.2, 0.25) is 0 Å². The molecule has 2 aromatic rings. The first-order valence-electron chi connectivity index (χ1n) is 9.06. The first-order chi connectivity index (χ1) is 12.9. The number of benzene rings is 2. The van der Waals surface area contributed by atoms with E-state index >= 15 is 0 Å². The lowest BCUT2D eigenvalue weighted by Gasteiger charge is -2.21. The van der Waals surface area contributed by atoms with Gasteiger partial charge in [0.1, 0.15) is 5.75 Å². The van der Waals surface area contributed by atoms with Gasteiger partial charge in [0.05, 0.1) is 17.1 Å². The van der Waals surface area contributed by atoms with Gasteiger partial charge in [0, 0.05) is 12.6 Å². The van der Waals surface area contributed by atoms with Crippen LogP contribution in [0, 0.1) is 0 Å². The number of sulfonamides is 1. The molecule has 0 unspecified atom stereocenters. The highest BCUT2D eigenvalue weighted by Gasteiger charge is 2.38. The predicted octanol–water partition coefficient (Wildman–Crippen LogP) is 3.31. The number of aliphatic hydroxyl groups excluding tert-OH is 1. The Morgan fingerprint density at radius 3 is 2.41 bits per heavy atom. The Morgan fingerprint density at radius 2 is 1.78 bits per heavy atom. The Kier molecular flexibility index (Phi) is 5.99. The maximum Gasteiger partial charge on any atom is 0.243 e. The van der Waals surface area contributed by atoms with E-state index in [4.69, 9.17) is 4.74 Å². The van der Waals surface area contributed by atoms with Crippen LogP contribution >= 0.6 is 0 Å². The van der Waals surface area contributed by atoms with E-state index in [-0.39, 0.29) is 23.6 Å². The molecule has 1 heterocycles. The summed E-state index contributed by atoms with van der Waals surface area (Å²) in [5.74, 6) is 0.630. The van der Waals surface area contributed by atoms with Gasteiger partial charge in [0.15, 0.2) is 0 Å². The SMILES string of the molecule is CC(C)Oc1ccc(S(=O)(=O)N2C[C@@H](O)C[C@@H]2C=Cc2ccccc2)cc1. The monoisotopic (exact) mass is 387 g/mol. The molecule has 0 bridgehead atoms. The Morgan fingerprint density at radius 1 is 1.11 bits per heavy atom. The Balaban J connectivity index is 1.82. The standard InChI is InChI=1S/C21H25NO4S/c1-16(2)26-20-10-12-21(13-11-20)27(24,25)22-15-19(23)14-18(22)9-8-17-6-4-3-5-7-17/h3-13,16,18-19,23H,14-15H2,1-2H3/t18-,19-/m0/s1. The average Bonchev–Trinajstić information content (AvgIpc) is 3.02. The van der Waals surface area contributed by atoms with Gasteiger partial charge in [-0.05, 0) is 50.1 Å². The molecule has 0 amide bonds. The zero-order chi connectivity index (χ0) is 19.4. The van der Waals surface area contributed by atoms with E-state index in [1.54, 1.807) is 24.3 Å². The summed E-state index contributed by atoms with van der Waals surface area (Å²) in [6, 6.07) is 15.7. The molecule has 0 aromatic heterocycles. The molecule has 3 rings (SSSR count). The van der Waals surface area contributed by atoms with Crippen LogP contribution in [-0.4, -0.2) is 42.6 Å². The summed E-state index contributed by atoms with van der Waals surface area (Å²) in [5.41, 5.74) is 0.992. The average molecular weight is 388 g/mol. The van der Waals surface area contributed by atoms with E-state index in [0.717, 1.165) is 5.56 Å². The smallest absolute Gasteiger partial charge is 0.243 e. The van der Waals surface area contributed by atoms with Crippen molar-refractivity contribution >= 4 is 16.1 Å². The van der Waals surface area contributed by atoms with Gasteiger partial charge in [-0.2, -0.15) is 4.31 Å². The van der Waals surface area contributed by atoms with Crippen LogP contribution in [0.1, 0.15) is 25.8 Å². The number of nitrogens with zero attached hydrogens (tertiary/aromatic N) is 1. The largest absolute Gasteiger partial charge is 0.491 e. The van der Waals surface area contributed by atoms with Crippen molar-refractivity contribution in [3.63, 3.8) is 0 Å². The second-order valence-electron chi connectivity index (χ2n) is 6.94. The molecule has 5 nitrogen and oxygen atoms in total. The third kappa shape index (κ3) is 4.77. The van der Waals surface area contributed by atoms with E-state index in [0.29, 0.717) is 12.2 Å². The summed E-state index contributed by atoms with van der Waals surface area (Å²) in [4.78, 5) is 0.200. The molecular formula is C21H25NO4S. The van der Waals surface area contributed by atoms with E-state index in [1.807, 2.05) is 56.3 Å². The van der Waals surface area contributed by atoms with Crippen molar-refractivity contribution in [3.05, 3.63) is 66.2 Å². The number of ether oxygens (including phenoxy) is 1. The normalized spacial score (nSPS) is 21.2. The summed E-state index contributed by atoms with van der Waals surface area (Å²) in [7, 11) is -3.70. The second-order valence-corrected chi connectivity index (χ2v) is 8.83. The van der Waals surface area contributed by atoms with Gasteiger partial charge in [-0.25, -0.2) is 8.42 Å². The highest BCUT2D eigenvalue weighted by Crippen LogP contribution is 2.28. The molecule has 144 valence electrons. The van der Waals surface area contributed by atoms with Crippen molar-refractivity contribution < 1.29 is 18.3 Å². The van der Waals surface area contributed by atoms with Crippen LogP contribution in [0.25, 0.3) is 6.08 Å². The molecular weight excluding hydrogens is 362 g/mol. The lowest BCUT2D eigenvalue weighted by atomic mass is 10.1. The molecule has 0 aliphatic carbocycles. The molecule has 1 N–H and O–H groups in total. The van der Waals surface area contributed by atoms with E-state index in [1.165, 1.54) is 4.31 Å². The number of hydrogen-bond acceptors (Lipinski definition) is 4. The molecule has 2 atom stereocenters. The maximum atomic E-state index is 13.1. The van der Waals surface area contributed by atoms with Gasteiger partial charge in [0.25, 0.3) is 0 Å². The number of hydrogen-bond donors (Lipinski definition) is 1. The Labute approximate surface area is 161 Å². The fourth-order valence-corrected chi connectivity index (χ4v) is 4.78. The van der Waals surface area contributed by atoms with Crippen molar-refractivity contribution in [2.24, 2.45) is 0 Å². The molecule has 0 spiro atoms. The molecule has 1 aliphatic rings. The predicted molar refractivity (Wildman–Crippen MR) is 106 cm³/mol. The van der Waals surface area contributed by atoms with Crippen molar-refractivity contribution in [2.75, 3.05) is 6.54 Å². The van der Waals surface area contributed by atoms with E-state index in [9.17, 15) is 13.5 Å². The van der Waals surface area contributed by atoms with Crippen LogP contribution < -0.4 is 4.74 Å². The lowest BCUT2D eigenvalue weighted by molar-refractivity contribution is 0.189. The van der Waals surface area contributed by atoms with Gasteiger partial charge in [-0.3, -0.25) is 0 Å². The fraction of sp³-hybridized carbons (Fsp3) is 0.333. The van der Waals surface area contributed by atoms with Gasteiger partial charge >= 0.3 is 0 Å². The van der Waals surface area contributed by atoms with Gasteiger partial charge in [-0.1, -0.05) is 42.5 Å². The summed E-state index contributed by atoms with van der Waals surface area (Å²) in [6.45, 7) is 3.93. The van der Waals surface area contributed by atoms with Crippen LogP contribution in [0.4, 0.5) is 0 Å². The number of aliphatic hydroxyl groups is 1. The zero-order valence-electron chi connectivity index (χ0n) is 15.5. The number of β-amino-alcohol motifs (C(OH)–C–C–N with tert-alkyl or cyclic N) is 1. The minimum absolute atomic E-state index is 0.0219. The van der Waals surface area contributed by atoms with Gasteiger partial charge < -0.3 is 9.84 Å². The third-order valence-electron chi connectivity index (χ3n) is 4.39. The minimum atomic E-state index is -3.70. The first kappa shape index (κ1) is 19.6. The lowest BCUT2D eigenvalue weighted by Crippen LogP contribution is -2.35. The summed E-state index contributed by atoms with van der Waals surface area (Å²) in [6.07, 6.45) is 3.48. The van der Waals surface area contributed by atoms with Gasteiger partial charge in [-0.15, -0.1) is 0 Å². The van der Waals surface area contributed by atoms with Crippen LogP contribution in [0.5, 0.6) is 5.75 Å². The summed E-state index contributed by atoms with van der Waals surface area (Å²) in [5, 5.41) is 10.1. The van der Waals surface area contributed by atoms with Crippen molar-refractivity contribution in [1.29, 1.82) is 0 Å². The molecule has 2 aromatic carbocycles. The zero-order valence-corrected chi connectivity index (χ0v) is 16.3. The van der Waals surface area contributed by atoms with Crippen LogP contribution in [0.3, 0.4) is 0 Å². The highest BCUT2D eigenvalue weighted by atomic mass is 32.2. The molecule has 27 heavy (non-hydrogen) atoms. The van der Waals surface area contributed by atoms with E-state index < -0.39 is 16.1 Å². The maximum absolute atomic E-state index is 13.1. The van der Waals surface area contributed by atoms with Crippen molar-refractivity contribution in [2.45, 2.75) is 43.4 Å². The number of rotatable bonds is 6. The van der Waals surface area contributed by atoms with Crippen molar-refractivity contribution in [1.82, 2.24) is 4.31 Å². The quantitative estimate of drug-likeness (QED) is 0.826. The third-order valence-corrected chi connectivity index (χ3v) is 6.29. The Bertz CT molecular complexity index is 876. The van der Waals surface area contributed by atoms with Crippen LogP contribution in [-0.2, 0) is 10.0 Å². The second kappa shape index (κ2) is 8.25. The highest BCUT2D eigenvalue weighted by molar-refractivity contribution is 7.89. The van der Waals surface area contributed by atoms with E-state index in [2.05, 4.69) is 0 Å². The van der Waals surface area contributed by atoms with Gasteiger partial charge in [0.2, 0.25) is 10.0 Å². The molecule has 0 radical (unpaired) electrons. The van der Waals surface area contributed by atoms with Crippen LogP contribution in [0.15, 0.2) is 65.6 Å². The Hall–Kier alpha value is -2.15. The minimum Gasteiger partial charge on any atom is -0.491 e. The molecule has 1 aliphatic heterocycles. The van der Waals surface area contributed by atoms with Crippen molar-refractivity contribution in [3.8, 4) is 5.75 Å². The first-order valence-corrected chi connectivity index (χ1v) is 10.5. The molecule has 0 saturated carbocycles. The topological polar surface area (TPSA) is 66.8 Å². The molecule has 6 heteroatoms. The molecule has 1 fully saturated rings. The fourth-order valence-electron chi connectivity index (χ4n) is 3.15.